The van der Waals surface area contributed by atoms with Crippen molar-refractivity contribution >= 4 is 38.3 Å². The summed E-state index contributed by atoms with van der Waals surface area (Å²) >= 11 is 0. The van der Waals surface area contributed by atoms with E-state index in [1.54, 1.807) is 63.1 Å². The van der Waals surface area contributed by atoms with Gasteiger partial charge in [0, 0.05) is 30.2 Å². The highest BCUT2D eigenvalue weighted by atomic mass is 32.2. The Kier molecular flexibility index (Phi) is 6.94. The number of ether oxygens (including phenoxy) is 1. The fourth-order valence-electron chi connectivity index (χ4n) is 4.91. The number of benzene rings is 1. The molecule has 0 bridgehead atoms. The lowest BCUT2D eigenvalue weighted by molar-refractivity contribution is 0.0270. The number of rotatable bonds is 4. The lowest BCUT2D eigenvalue weighted by atomic mass is 9.93. The Morgan fingerprint density at radius 1 is 1.12 bits per heavy atom. The summed E-state index contributed by atoms with van der Waals surface area (Å²) in [6, 6.07) is 9.26. The zero-order chi connectivity index (χ0) is 28.9. The Balaban J connectivity index is 1.50. The van der Waals surface area contributed by atoms with Crippen LogP contribution in [0.1, 0.15) is 51.8 Å². The molecule has 0 spiro atoms. The smallest absolute Gasteiger partial charge is 0.410 e. The van der Waals surface area contributed by atoms with E-state index in [9.17, 15) is 22.0 Å². The third kappa shape index (κ3) is 4.96. The third-order valence-corrected chi connectivity index (χ3v) is 9.48. The highest BCUT2D eigenvalue weighted by Crippen LogP contribution is 2.38. The molecule has 3 heterocycles. The van der Waals surface area contributed by atoms with Crippen molar-refractivity contribution in [2.45, 2.75) is 50.9 Å². The van der Waals surface area contributed by atoms with Crippen LogP contribution in [-0.2, 0) is 14.8 Å². The van der Waals surface area contributed by atoms with Crippen LogP contribution in [0.2, 0.25) is 0 Å². The van der Waals surface area contributed by atoms with Crippen molar-refractivity contribution in [3.63, 3.8) is 0 Å². The molecule has 1 atom stereocenters. The molecule has 0 N–H and O–H groups in total. The molecule has 2 aromatic heterocycles. The molecule has 1 aromatic carbocycles. The van der Waals surface area contributed by atoms with Gasteiger partial charge >= 0.3 is 6.09 Å². The van der Waals surface area contributed by atoms with E-state index >= 15 is 0 Å². The van der Waals surface area contributed by atoms with E-state index in [0.717, 1.165) is 11.6 Å². The van der Waals surface area contributed by atoms with E-state index in [1.165, 1.54) is 28.3 Å². The van der Waals surface area contributed by atoms with Crippen LogP contribution in [-0.4, -0.2) is 51.8 Å². The van der Waals surface area contributed by atoms with Crippen LogP contribution in [0.15, 0.2) is 66.9 Å². The van der Waals surface area contributed by atoms with Crippen LogP contribution in [0, 0.1) is 11.6 Å². The SMILES string of the molecule is CC(C)(C)OC(=O)N1CC=C(c2cc3cccnc3n2S(=O)(=O)C2(C)C=CC(c3cccc(F)c3F)=CC2)CC1. The quantitative estimate of drug-likeness (QED) is 0.369. The summed E-state index contributed by atoms with van der Waals surface area (Å²) in [6.07, 6.45) is 8.12. The average molecular weight is 568 g/mol. The number of hydrogen-bond donors (Lipinski definition) is 0. The van der Waals surface area contributed by atoms with E-state index in [4.69, 9.17) is 4.74 Å². The molecule has 5 rings (SSSR count). The Hall–Kier alpha value is -3.79. The van der Waals surface area contributed by atoms with E-state index in [1.807, 2.05) is 6.08 Å². The van der Waals surface area contributed by atoms with Crippen molar-refractivity contribution < 1.29 is 26.7 Å². The molecular weight excluding hydrogens is 536 g/mol. The summed E-state index contributed by atoms with van der Waals surface area (Å²) in [5, 5.41) is 0.665. The molecule has 210 valence electrons. The molecule has 0 saturated heterocycles. The maximum atomic E-state index is 14.4. The van der Waals surface area contributed by atoms with Crippen LogP contribution in [0.25, 0.3) is 22.2 Å². The second-order valence-corrected chi connectivity index (χ2v) is 13.5. The highest BCUT2D eigenvalue weighted by molar-refractivity contribution is 7.91. The fraction of sp³-hybridized carbons (Fsp3) is 0.333. The number of hydrogen-bond acceptors (Lipinski definition) is 5. The monoisotopic (exact) mass is 567 g/mol. The van der Waals surface area contributed by atoms with Crippen molar-refractivity contribution in [2.75, 3.05) is 13.1 Å². The van der Waals surface area contributed by atoms with Gasteiger partial charge in [-0.05, 0) is 75.9 Å². The second kappa shape index (κ2) is 9.99. The first-order valence-electron chi connectivity index (χ1n) is 13.0. The molecule has 2 aliphatic rings. The Labute approximate surface area is 232 Å². The second-order valence-electron chi connectivity index (χ2n) is 11.2. The molecule has 0 radical (unpaired) electrons. The van der Waals surface area contributed by atoms with Crippen molar-refractivity contribution in [2.24, 2.45) is 0 Å². The molecule has 7 nitrogen and oxygen atoms in total. The number of carbonyl (C=O) groups is 1. The van der Waals surface area contributed by atoms with E-state index < -0.39 is 38.1 Å². The van der Waals surface area contributed by atoms with Gasteiger partial charge in [-0.25, -0.2) is 30.9 Å². The molecule has 1 aliphatic carbocycles. The summed E-state index contributed by atoms with van der Waals surface area (Å²) < 4.78 is 62.3. The summed E-state index contributed by atoms with van der Waals surface area (Å²) in [5.74, 6) is -1.94. The van der Waals surface area contributed by atoms with Gasteiger partial charge in [0.05, 0.1) is 5.69 Å². The van der Waals surface area contributed by atoms with Gasteiger partial charge in [0.2, 0.25) is 10.0 Å². The lowest BCUT2D eigenvalue weighted by Gasteiger charge is -2.31. The number of aromatic nitrogens is 2. The number of fused-ring (bicyclic) bond motifs is 1. The highest BCUT2D eigenvalue weighted by Gasteiger charge is 2.41. The largest absolute Gasteiger partial charge is 0.444 e. The normalized spacial score (nSPS) is 19.9. The molecule has 40 heavy (non-hydrogen) atoms. The van der Waals surface area contributed by atoms with Gasteiger partial charge in [0.15, 0.2) is 17.3 Å². The predicted octanol–water partition coefficient (Wildman–Crippen LogP) is 6.32. The number of halogens is 2. The molecule has 3 aromatic rings. The van der Waals surface area contributed by atoms with E-state index in [-0.39, 0.29) is 18.5 Å². The van der Waals surface area contributed by atoms with Crippen molar-refractivity contribution in [3.05, 3.63) is 89.8 Å². The van der Waals surface area contributed by atoms with Gasteiger partial charge in [-0.3, -0.25) is 0 Å². The van der Waals surface area contributed by atoms with Gasteiger partial charge in [-0.1, -0.05) is 36.4 Å². The summed E-state index contributed by atoms with van der Waals surface area (Å²) in [5.41, 5.74) is 1.43. The minimum atomic E-state index is -4.09. The van der Waals surface area contributed by atoms with Crippen molar-refractivity contribution in [3.8, 4) is 0 Å². The van der Waals surface area contributed by atoms with Crippen LogP contribution < -0.4 is 0 Å². The third-order valence-electron chi connectivity index (χ3n) is 7.15. The maximum Gasteiger partial charge on any atom is 0.410 e. The van der Waals surface area contributed by atoms with Gasteiger partial charge in [-0.2, -0.15) is 0 Å². The number of carbonyl (C=O) groups excluding carboxylic acids is 1. The minimum Gasteiger partial charge on any atom is -0.444 e. The summed E-state index contributed by atoms with van der Waals surface area (Å²) in [6.45, 7) is 7.67. The summed E-state index contributed by atoms with van der Waals surface area (Å²) in [7, 11) is -4.09. The molecule has 1 amide bonds. The first-order chi connectivity index (χ1) is 18.8. The molecule has 0 fully saturated rings. The Bertz CT molecular complexity index is 1700. The topological polar surface area (TPSA) is 81.5 Å². The molecule has 1 unspecified atom stereocenters. The van der Waals surface area contributed by atoms with Gasteiger partial charge in [0.1, 0.15) is 10.3 Å². The number of amides is 1. The van der Waals surface area contributed by atoms with Gasteiger partial charge in [-0.15, -0.1) is 0 Å². The number of nitrogens with zero attached hydrogens (tertiary/aromatic N) is 3. The zero-order valence-electron chi connectivity index (χ0n) is 22.8. The van der Waals surface area contributed by atoms with E-state index in [0.29, 0.717) is 35.3 Å². The van der Waals surface area contributed by atoms with Crippen LogP contribution in [0.4, 0.5) is 13.6 Å². The molecular formula is C30H31F2N3O4S. The average Bonchev–Trinajstić information content (AvgIpc) is 3.30. The predicted molar refractivity (Wildman–Crippen MR) is 151 cm³/mol. The molecule has 0 saturated carbocycles. The number of allylic oxidation sites excluding steroid dienone is 3. The van der Waals surface area contributed by atoms with E-state index in [2.05, 4.69) is 4.98 Å². The van der Waals surface area contributed by atoms with Crippen LogP contribution in [0.3, 0.4) is 0 Å². The van der Waals surface area contributed by atoms with Crippen LogP contribution in [0.5, 0.6) is 0 Å². The minimum absolute atomic E-state index is 0.0501. The standard InChI is InChI=1S/C30H31F2N3O4S/c1-29(2,3)39-28(36)34-17-12-21(13-18-34)25-19-22-7-6-16-33-27(22)35(25)40(37,38)30(4)14-10-20(11-15-30)23-8-5-9-24(31)26(23)32/h5-12,14,16,19H,13,15,17-18H2,1-4H3. The fourth-order valence-corrected chi connectivity index (χ4v) is 6.67. The Morgan fingerprint density at radius 2 is 1.90 bits per heavy atom. The lowest BCUT2D eigenvalue weighted by Crippen LogP contribution is -2.40. The molecule has 1 aliphatic heterocycles. The first kappa shape index (κ1) is 27.8. The van der Waals surface area contributed by atoms with Crippen molar-refractivity contribution in [1.29, 1.82) is 0 Å². The Morgan fingerprint density at radius 3 is 2.55 bits per heavy atom. The van der Waals surface area contributed by atoms with Gasteiger partial charge < -0.3 is 9.64 Å². The molecule has 10 heteroatoms. The van der Waals surface area contributed by atoms with Crippen LogP contribution >= 0.6 is 0 Å². The number of pyridine rings is 1. The van der Waals surface area contributed by atoms with Gasteiger partial charge in [0.25, 0.3) is 0 Å². The summed E-state index contributed by atoms with van der Waals surface area (Å²) in [4.78, 5) is 18.5. The van der Waals surface area contributed by atoms with Crippen molar-refractivity contribution in [1.82, 2.24) is 13.9 Å². The maximum absolute atomic E-state index is 14.4. The first-order valence-corrected chi connectivity index (χ1v) is 14.5. The zero-order valence-corrected chi connectivity index (χ0v) is 23.6.